The van der Waals surface area contributed by atoms with Gasteiger partial charge in [0.1, 0.15) is 17.1 Å². The molecule has 0 saturated heterocycles. The molecular weight excluding hydrogens is 204 g/mol. The molecule has 0 aromatic heterocycles. The Hall–Kier alpha value is -1.77. The van der Waals surface area contributed by atoms with E-state index < -0.39 is 0 Å². The summed E-state index contributed by atoms with van der Waals surface area (Å²) < 4.78 is 10.9. The van der Waals surface area contributed by atoms with Crippen LogP contribution in [-0.2, 0) is 0 Å². The first-order valence-electron chi connectivity index (χ1n) is 5.11. The number of hydrogen-bond donors (Lipinski definition) is 0. The zero-order chi connectivity index (χ0) is 11.8. The number of fused-ring (bicyclic) bond motifs is 1. The molecule has 3 nitrogen and oxygen atoms in total. The number of carbonyl (C=O) groups is 1. The monoisotopic (exact) mass is 218 g/mol. The highest BCUT2D eigenvalue weighted by Gasteiger charge is 2.24. The maximum atomic E-state index is 11.0. The van der Waals surface area contributed by atoms with Gasteiger partial charge in [0.25, 0.3) is 0 Å². The van der Waals surface area contributed by atoms with Crippen LogP contribution in [0.4, 0.5) is 0 Å². The van der Waals surface area contributed by atoms with Crippen LogP contribution < -0.4 is 9.47 Å². The molecule has 1 aromatic rings. The summed E-state index contributed by atoms with van der Waals surface area (Å²) >= 11 is 0. The fourth-order valence-corrected chi connectivity index (χ4v) is 1.68. The van der Waals surface area contributed by atoms with Gasteiger partial charge in [-0.1, -0.05) is 6.08 Å². The Morgan fingerprint density at radius 1 is 1.38 bits per heavy atom. The van der Waals surface area contributed by atoms with Crippen LogP contribution >= 0.6 is 0 Å². The number of rotatable bonds is 2. The molecule has 0 bridgehead atoms. The molecule has 84 valence electrons. The van der Waals surface area contributed by atoms with E-state index in [1.54, 1.807) is 13.2 Å². The fourth-order valence-electron chi connectivity index (χ4n) is 1.68. The summed E-state index contributed by atoms with van der Waals surface area (Å²) in [6, 6.07) is 3.54. The van der Waals surface area contributed by atoms with Crippen LogP contribution in [0.5, 0.6) is 11.5 Å². The van der Waals surface area contributed by atoms with Gasteiger partial charge < -0.3 is 9.47 Å². The third-order valence-corrected chi connectivity index (χ3v) is 2.51. The fraction of sp³-hybridized carbons (Fsp3) is 0.308. The third-order valence-electron chi connectivity index (χ3n) is 2.51. The van der Waals surface area contributed by atoms with Crippen LogP contribution in [0.2, 0.25) is 0 Å². The van der Waals surface area contributed by atoms with Gasteiger partial charge >= 0.3 is 0 Å². The van der Waals surface area contributed by atoms with Gasteiger partial charge in [0.2, 0.25) is 0 Å². The summed E-state index contributed by atoms with van der Waals surface area (Å²) in [5.74, 6) is 1.29. The lowest BCUT2D eigenvalue weighted by Crippen LogP contribution is -2.28. The molecule has 16 heavy (non-hydrogen) atoms. The SMILES string of the molecule is COc1cc(C=O)c2c(c1)C=CC(C)(C)O2. The first-order chi connectivity index (χ1) is 7.55. The number of aldehydes is 1. The maximum Gasteiger partial charge on any atom is 0.153 e. The smallest absolute Gasteiger partial charge is 0.153 e. The van der Waals surface area contributed by atoms with Gasteiger partial charge in [-0.05, 0) is 32.1 Å². The van der Waals surface area contributed by atoms with Gasteiger partial charge in [-0.2, -0.15) is 0 Å². The van der Waals surface area contributed by atoms with Gasteiger partial charge in [0.15, 0.2) is 6.29 Å². The first-order valence-corrected chi connectivity index (χ1v) is 5.11. The molecule has 1 aliphatic rings. The second kappa shape index (κ2) is 3.67. The number of hydrogen-bond acceptors (Lipinski definition) is 3. The predicted molar refractivity (Wildman–Crippen MR) is 62.1 cm³/mol. The van der Waals surface area contributed by atoms with Gasteiger partial charge in [0, 0.05) is 5.56 Å². The highest BCUT2D eigenvalue weighted by Crippen LogP contribution is 2.36. The molecule has 0 spiro atoms. The number of benzene rings is 1. The van der Waals surface area contributed by atoms with Crippen molar-refractivity contribution in [1.82, 2.24) is 0 Å². The van der Waals surface area contributed by atoms with Gasteiger partial charge in [0.05, 0.1) is 12.7 Å². The van der Waals surface area contributed by atoms with Crippen LogP contribution in [-0.4, -0.2) is 19.0 Å². The largest absolute Gasteiger partial charge is 0.497 e. The van der Waals surface area contributed by atoms with Crippen molar-refractivity contribution in [3.05, 3.63) is 29.3 Å². The molecule has 1 heterocycles. The van der Waals surface area contributed by atoms with Crippen molar-refractivity contribution in [3.63, 3.8) is 0 Å². The topological polar surface area (TPSA) is 35.5 Å². The van der Waals surface area contributed by atoms with E-state index in [2.05, 4.69) is 0 Å². The van der Waals surface area contributed by atoms with E-state index in [-0.39, 0.29) is 5.60 Å². The lowest BCUT2D eigenvalue weighted by atomic mass is 10.00. The normalized spacial score (nSPS) is 16.2. The zero-order valence-corrected chi connectivity index (χ0v) is 9.61. The van der Waals surface area contributed by atoms with Crippen molar-refractivity contribution in [1.29, 1.82) is 0 Å². The van der Waals surface area contributed by atoms with Crippen LogP contribution in [0.3, 0.4) is 0 Å². The second-order valence-corrected chi connectivity index (χ2v) is 4.29. The highest BCUT2D eigenvalue weighted by molar-refractivity contribution is 5.84. The van der Waals surface area contributed by atoms with E-state index in [0.29, 0.717) is 17.1 Å². The van der Waals surface area contributed by atoms with Crippen LogP contribution in [0.1, 0.15) is 29.8 Å². The van der Waals surface area contributed by atoms with Gasteiger partial charge in [-0.25, -0.2) is 0 Å². The zero-order valence-electron chi connectivity index (χ0n) is 9.61. The molecule has 1 aliphatic heterocycles. The molecule has 0 amide bonds. The summed E-state index contributed by atoms with van der Waals surface area (Å²) in [4.78, 5) is 11.0. The first kappa shape index (κ1) is 10.7. The number of carbonyl (C=O) groups excluding carboxylic acids is 1. The minimum absolute atomic E-state index is 0.376. The molecule has 3 heteroatoms. The summed E-state index contributed by atoms with van der Waals surface area (Å²) in [5, 5.41) is 0. The Morgan fingerprint density at radius 3 is 2.75 bits per heavy atom. The lowest BCUT2D eigenvalue weighted by molar-refractivity contribution is 0.110. The van der Waals surface area contributed by atoms with Crippen molar-refractivity contribution in [2.75, 3.05) is 7.11 Å². The van der Waals surface area contributed by atoms with Crippen molar-refractivity contribution in [2.45, 2.75) is 19.4 Å². The van der Waals surface area contributed by atoms with Crippen molar-refractivity contribution < 1.29 is 14.3 Å². The Labute approximate surface area is 94.7 Å². The van der Waals surface area contributed by atoms with Crippen molar-refractivity contribution >= 4 is 12.4 Å². The lowest BCUT2D eigenvalue weighted by Gasteiger charge is -2.28. The number of methoxy groups -OCH3 is 1. The average molecular weight is 218 g/mol. The average Bonchev–Trinajstić information content (AvgIpc) is 2.26. The summed E-state index contributed by atoms with van der Waals surface area (Å²) in [5.41, 5.74) is 1.02. The molecule has 1 aromatic carbocycles. The van der Waals surface area contributed by atoms with E-state index in [1.165, 1.54) is 0 Å². The molecule has 0 radical (unpaired) electrons. The molecule has 0 atom stereocenters. The quantitative estimate of drug-likeness (QED) is 0.716. The molecule has 2 rings (SSSR count). The molecule has 0 fully saturated rings. The maximum absolute atomic E-state index is 11.0. The third kappa shape index (κ3) is 1.81. The molecule has 0 N–H and O–H groups in total. The van der Waals surface area contributed by atoms with Crippen LogP contribution in [0.25, 0.3) is 6.08 Å². The van der Waals surface area contributed by atoms with E-state index in [0.717, 1.165) is 11.8 Å². The Kier molecular flexibility index (Phi) is 2.46. The van der Waals surface area contributed by atoms with Crippen molar-refractivity contribution in [3.8, 4) is 11.5 Å². The second-order valence-electron chi connectivity index (χ2n) is 4.29. The summed E-state index contributed by atoms with van der Waals surface area (Å²) in [7, 11) is 1.58. The van der Waals surface area contributed by atoms with Gasteiger partial charge in [-0.15, -0.1) is 0 Å². The Balaban J connectivity index is 2.58. The molecule has 0 saturated carbocycles. The van der Waals surface area contributed by atoms with Crippen molar-refractivity contribution in [2.24, 2.45) is 0 Å². The van der Waals surface area contributed by atoms with E-state index in [9.17, 15) is 4.79 Å². The molecule has 0 aliphatic carbocycles. The van der Waals surface area contributed by atoms with E-state index in [4.69, 9.17) is 9.47 Å². The minimum atomic E-state index is -0.376. The molecule has 0 unspecified atom stereocenters. The van der Waals surface area contributed by atoms with Gasteiger partial charge in [-0.3, -0.25) is 4.79 Å². The van der Waals surface area contributed by atoms with Crippen LogP contribution in [0.15, 0.2) is 18.2 Å². The predicted octanol–water partition coefficient (Wildman–Crippen LogP) is 2.69. The highest BCUT2D eigenvalue weighted by atomic mass is 16.5. The standard InChI is InChI=1S/C13H14O3/c1-13(2)5-4-9-6-11(15-3)7-10(8-14)12(9)16-13/h4-8H,1-3H3. The summed E-state index contributed by atoms with van der Waals surface area (Å²) in [6.45, 7) is 3.90. The van der Waals surface area contributed by atoms with E-state index in [1.807, 2.05) is 32.1 Å². The minimum Gasteiger partial charge on any atom is -0.497 e. The summed E-state index contributed by atoms with van der Waals surface area (Å²) in [6.07, 6.45) is 4.70. The number of ether oxygens (including phenoxy) is 2. The van der Waals surface area contributed by atoms with E-state index >= 15 is 0 Å². The van der Waals surface area contributed by atoms with Crippen LogP contribution in [0, 0.1) is 0 Å². The molecular formula is C13H14O3. The Bertz CT molecular complexity index is 458. The Morgan fingerprint density at radius 2 is 2.12 bits per heavy atom.